The number of nitrogens with one attached hydrogen (secondary N) is 1. The molecule has 1 aliphatic carbocycles. The topological polar surface area (TPSA) is 37.3 Å². The third-order valence-corrected chi connectivity index (χ3v) is 8.40. The van der Waals surface area contributed by atoms with E-state index in [1.165, 1.54) is 46.0 Å². The summed E-state index contributed by atoms with van der Waals surface area (Å²) in [6.45, 7) is 0.473. The molecule has 0 radical (unpaired) electrons. The fourth-order valence-electron chi connectivity index (χ4n) is 5.13. The first-order valence-corrected chi connectivity index (χ1v) is 12.7. The number of hydrogen-bond acceptors (Lipinski definition) is 2. The summed E-state index contributed by atoms with van der Waals surface area (Å²) in [5, 5.41) is 4.69. The molecule has 2 aliphatic rings. The van der Waals surface area contributed by atoms with Gasteiger partial charge in [-0.25, -0.2) is 9.18 Å². The third-order valence-electron chi connectivity index (χ3n) is 6.74. The van der Waals surface area contributed by atoms with Crippen LogP contribution in [0.5, 0.6) is 0 Å². The molecule has 3 heterocycles. The quantitative estimate of drug-likeness (QED) is 0.313. The van der Waals surface area contributed by atoms with E-state index in [2.05, 4.69) is 22.1 Å². The average molecular weight is 492 g/mol. The lowest BCUT2D eigenvalue weighted by Crippen LogP contribution is -2.38. The summed E-state index contributed by atoms with van der Waals surface area (Å²) in [6, 6.07) is 17.1. The highest BCUT2D eigenvalue weighted by molar-refractivity contribution is 7.15. The molecule has 2 aromatic carbocycles. The van der Waals surface area contributed by atoms with Crippen molar-refractivity contribution in [3.63, 3.8) is 0 Å². The van der Waals surface area contributed by atoms with Crippen LogP contribution < -0.4 is 5.32 Å². The second kappa shape index (κ2) is 8.60. The Bertz CT molecular complexity index is 1380. The molecule has 7 heteroatoms. The van der Waals surface area contributed by atoms with E-state index < -0.39 is 0 Å². The Balaban J connectivity index is 1.51. The van der Waals surface area contributed by atoms with Gasteiger partial charge in [-0.3, -0.25) is 0 Å². The number of aromatic nitrogens is 1. The number of rotatable bonds is 2. The number of nitrogens with zero attached hydrogens (tertiary/aromatic N) is 2. The molecule has 0 saturated carbocycles. The molecule has 1 N–H and O–H groups in total. The SMILES string of the molecule is O=C(Nc1ccccc1Cl)N1Cc2c(sc3c2CCCC3)-n2cccc2C1c1ccc(F)cc1. The molecular weight excluding hydrogens is 469 g/mol. The van der Waals surface area contributed by atoms with Gasteiger partial charge in [0.15, 0.2) is 0 Å². The molecule has 6 rings (SSSR count). The van der Waals surface area contributed by atoms with Crippen molar-refractivity contribution in [3.8, 4) is 5.00 Å². The molecular formula is C27H23ClFN3OS. The lowest BCUT2D eigenvalue weighted by atomic mass is 9.95. The molecule has 1 aliphatic heterocycles. The van der Waals surface area contributed by atoms with Crippen molar-refractivity contribution >= 4 is 34.7 Å². The molecule has 172 valence electrons. The maximum absolute atomic E-state index is 13.8. The zero-order chi connectivity index (χ0) is 23.2. The first-order chi connectivity index (χ1) is 16.6. The van der Waals surface area contributed by atoms with E-state index >= 15 is 0 Å². The van der Waals surface area contributed by atoms with Gasteiger partial charge in [-0.2, -0.15) is 0 Å². The molecule has 1 unspecified atom stereocenters. The van der Waals surface area contributed by atoms with Crippen molar-refractivity contribution in [2.75, 3.05) is 5.32 Å². The summed E-state index contributed by atoms with van der Waals surface area (Å²) in [6.07, 6.45) is 6.58. The van der Waals surface area contributed by atoms with Crippen LogP contribution in [-0.2, 0) is 19.4 Å². The highest BCUT2D eigenvalue weighted by Crippen LogP contribution is 2.44. The molecule has 4 nitrogen and oxygen atoms in total. The molecule has 2 amide bonds. The highest BCUT2D eigenvalue weighted by atomic mass is 35.5. The maximum Gasteiger partial charge on any atom is 0.323 e. The van der Waals surface area contributed by atoms with E-state index in [4.69, 9.17) is 11.6 Å². The Hall–Kier alpha value is -3.09. The zero-order valence-corrected chi connectivity index (χ0v) is 20.0. The molecule has 0 bridgehead atoms. The Morgan fingerprint density at radius 2 is 1.79 bits per heavy atom. The molecule has 1 atom stereocenters. The number of para-hydroxylation sites is 1. The van der Waals surface area contributed by atoms with E-state index in [-0.39, 0.29) is 17.9 Å². The Morgan fingerprint density at radius 3 is 2.62 bits per heavy atom. The number of halogens is 2. The van der Waals surface area contributed by atoms with Gasteiger partial charge in [-0.1, -0.05) is 35.9 Å². The number of benzene rings is 2. The second-order valence-electron chi connectivity index (χ2n) is 8.79. The van der Waals surface area contributed by atoms with Crippen LogP contribution in [-0.4, -0.2) is 15.5 Å². The van der Waals surface area contributed by atoms with Gasteiger partial charge in [-0.05, 0) is 73.2 Å². The summed E-state index contributed by atoms with van der Waals surface area (Å²) < 4.78 is 16.0. The smallest absolute Gasteiger partial charge is 0.310 e. The summed E-state index contributed by atoms with van der Waals surface area (Å²) in [5.74, 6) is -0.298. The Morgan fingerprint density at radius 1 is 1.00 bits per heavy atom. The van der Waals surface area contributed by atoms with Crippen molar-refractivity contribution in [2.24, 2.45) is 0 Å². The van der Waals surface area contributed by atoms with E-state index in [1.807, 2.05) is 34.4 Å². The second-order valence-corrected chi connectivity index (χ2v) is 10.3. The van der Waals surface area contributed by atoms with Crippen LogP contribution in [0.15, 0.2) is 66.9 Å². The van der Waals surface area contributed by atoms with Crippen molar-refractivity contribution in [1.82, 2.24) is 9.47 Å². The van der Waals surface area contributed by atoms with E-state index in [0.29, 0.717) is 17.3 Å². The van der Waals surface area contributed by atoms with E-state index in [0.717, 1.165) is 24.1 Å². The molecule has 34 heavy (non-hydrogen) atoms. The standard InChI is InChI=1S/C27H23ClFN3OS/c28-21-7-2-3-8-22(21)30-27(33)32-16-20-19-6-1-4-10-24(19)34-26(20)31-15-5-9-23(31)25(32)17-11-13-18(29)14-12-17/h2-3,5,7-9,11-15,25H,1,4,6,10,16H2,(H,30,33). The Labute approximate surface area is 206 Å². The van der Waals surface area contributed by atoms with Crippen LogP contribution in [0.4, 0.5) is 14.9 Å². The minimum atomic E-state index is -0.378. The van der Waals surface area contributed by atoms with Crippen LogP contribution >= 0.6 is 22.9 Å². The summed E-state index contributed by atoms with van der Waals surface area (Å²) in [7, 11) is 0. The highest BCUT2D eigenvalue weighted by Gasteiger charge is 2.36. The number of thiophene rings is 1. The number of hydrogen-bond donors (Lipinski definition) is 1. The van der Waals surface area contributed by atoms with Gasteiger partial charge in [0, 0.05) is 16.6 Å². The van der Waals surface area contributed by atoms with Crippen LogP contribution in [0.3, 0.4) is 0 Å². The molecule has 0 spiro atoms. The van der Waals surface area contributed by atoms with Gasteiger partial charge in [-0.15, -0.1) is 11.3 Å². The predicted octanol–water partition coefficient (Wildman–Crippen LogP) is 7.35. The van der Waals surface area contributed by atoms with Gasteiger partial charge >= 0.3 is 6.03 Å². The van der Waals surface area contributed by atoms with Crippen molar-refractivity contribution in [3.05, 3.63) is 105 Å². The van der Waals surface area contributed by atoms with Gasteiger partial charge < -0.3 is 14.8 Å². The number of amides is 2. The summed E-state index contributed by atoms with van der Waals surface area (Å²) in [4.78, 5) is 17.1. The first-order valence-electron chi connectivity index (χ1n) is 11.5. The zero-order valence-electron chi connectivity index (χ0n) is 18.4. The Kier molecular flexibility index (Phi) is 5.42. The number of anilines is 1. The fourth-order valence-corrected chi connectivity index (χ4v) is 6.72. The van der Waals surface area contributed by atoms with Gasteiger partial charge in [0.1, 0.15) is 10.8 Å². The first kappa shape index (κ1) is 21.4. The third kappa shape index (κ3) is 3.62. The lowest BCUT2D eigenvalue weighted by molar-refractivity contribution is 0.194. The number of carbonyl (C=O) groups is 1. The van der Waals surface area contributed by atoms with Gasteiger partial charge in [0.05, 0.1) is 29.0 Å². The van der Waals surface area contributed by atoms with E-state index in [9.17, 15) is 9.18 Å². The van der Waals surface area contributed by atoms with Gasteiger partial charge in [0.25, 0.3) is 0 Å². The summed E-state index contributed by atoms with van der Waals surface area (Å²) >= 11 is 8.20. The lowest BCUT2D eigenvalue weighted by Gasteiger charge is -2.31. The minimum absolute atomic E-state index is 0.237. The average Bonchev–Trinajstić information content (AvgIpc) is 3.43. The van der Waals surface area contributed by atoms with Crippen molar-refractivity contribution in [2.45, 2.75) is 38.3 Å². The van der Waals surface area contributed by atoms with Crippen molar-refractivity contribution < 1.29 is 9.18 Å². The number of urea groups is 1. The van der Waals surface area contributed by atoms with Crippen LogP contribution in [0.2, 0.25) is 5.02 Å². The molecule has 2 aromatic heterocycles. The molecule has 4 aromatic rings. The van der Waals surface area contributed by atoms with E-state index in [1.54, 1.807) is 24.3 Å². The van der Waals surface area contributed by atoms with Crippen LogP contribution in [0, 0.1) is 5.82 Å². The maximum atomic E-state index is 13.8. The fraction of sp³-hybridized carbons (Fsp3) is 0.222. The van der Waals surface area contributed by atoms with Crippen LogP contribution in [0.25, 0.3) is 5.00 Å². The number of aryl methyl sites for hydroxylation is 1. The minimum Gasteiger partial charge on any atom is -0.310 e. The largest absolute Gasteiger partial charge is 0.323 e. The van der Waals surface area contributed by atoms with Gasteiger partial charge in [0.2, 0.25) is 0 Å². The number of fused-ring (bicyclic) bond motifs is 5. The monoisotopic (exact) mass is 491 g/mol. The van der Waals surface area contributed by atoms with Crippen molar-refractivity contribution in [1.29, 1.82) is 0 Å². The normalized spacial score (nSPS) is 16.9. The predicted molar refractivity (Wildman–Crippen MR) is 135 cm³/mol. The summed E-state index contributed by atoms with van der Waals surface area (Å²) in [5.41, 5.74) is 5.02. The molecule has 0 saturated heterocycles. The number of carbonyl (C=O) groups excluding carboxylic acids is 1. The van der Waals surface area contributed by atoms with Crippen LogP contribution in [0.1, 0.15) is 46.1 Å². The molecule has 0 fully saturated rings.